The number of hydrogen-bond donors (Lipinski definition) is 0. The summed E-state index contributed by atoms with van der Waals surface area (Å²) in [5.74, 6) is -0.317. The average molecular weight is 248 g/mol. The Morgan fingerprint density at radius 2 is 1.89 bits per heavy atom. The third-order valence-corrected chi connectivity index (χ3v) is 3.90. The first-order valence-corrected chi connectivity index (χ1v) is 6.36. The van der Waals surface area contributed by atoms with E-state index in [1.54, 1.807) is 6.92 Å². The largest absolute Gasteiger partial charge is 0.467 e. The minimum Gasteiger partial charge on any atom is -0.467 e. The van der Waals surface area contributed by atoms with Crippen molar-refractivity contribution in [3.8, 4) is 0 Å². The quantitative estimate of drug-likeness (QED) is 0.607. The van der Waals surface area contributed by atoms with E-state index in [1.807, 2.05) is 19.1 Å². The van der Waals surface area contributed by atoms with E-state index in [-0.39, 0.29) is 5.97 Å². The number of carbonyl (C=O) groups excluding carboxylic acids is 1. The molecule has 0 saturated carbocycles. The molecule has 2 rings (SSSR count). The SMILES string of the molecule is CCCc1ccc(C2(C)OC2(C)C(=O)OC)cc1. The van der Waals surface area contributed by atoms with E-state index >= 15 is 0 Å². The van der Waals surface area contributed by atoms with Gasteiger partial charge in [-0.05, 0) is 31.4 Å². The van der Waals surface area contributed by atoms with Crippen LogP contribution in [0.3, 0.4) is 0 Å². The molecule has 1 heterocycles. The third-order valence-electron chi connectivity index (χ3n) is 3.90. The molecule has 0 spiro atoms. The molecule has 1 saturated heterocycles. The third kappa shape index (κ3) is 1.83. The van der Waals surface area contributed by atoms with Crippen molar-refractivity contribution < 1.29 is 14.3 Å². The predicted octanol–water partition coefficient (Wildman–Crippen LogP) is 2.82. The highest BCUT2D eigenvalue weighted by Gasteiger charge is 2.70. The van der Waals surface area contributed by atoms with Crippen LogP contribution < -0.4 is 0 Å². The Kier molecular flexibility index (Phi) is 3.20. The molecule has 98 valence electrons. The van der Waals surface area contributed by atoms with Crippen molar-refractivity contribution in [1.82, 2.24) is 0 Å². The first kappa shape index (κ1) is 13.1. The molecule has 0 aliphatic carbocycles. The number of rotatable bonds is 4. The molecule has 0 radical (unpaired) electrons. The number of methoxy groups -OCH3 is 1. The summed E-state index contributed by atoms with van der Waals surface area (Å²) in [5.41, 5.74) is 0.916. The molecule has 18 heavy (non-hydrogen) atoms. The Morgan fingerprint density at radius 1 is 1.28 bits per heavy atom. The molecule has 1 fully saturated rings. The summed E-state index contributed by atoms with van der Waals surface area (Å²) < 4.78 is 10.4. The van der Waals surface area contributed by atoms with E-state index in [1.165, 1.54) is 12.7 Å². The second kappa shape index (κ2) is 4.39. The van der Waals surface area contributed by atoms with Crippen LogP contribution in [0, 0.1) is 0 Å². The molecule has 1 aromatic carbocycles. The number of ether oxygens (including phenoxy) is 2. The van der Waals surface area contributed by atoms with Crippen LogP contribution in [-0.4, -0.2) is 18.7 Å². The minimum absolute atomic E-state index is 0.317. The summed E-state index contributed by atoms with van der Waals surface area (Å²) in [6.07, 6.45) is 2.21. The van der Waals surface area contributed by atoms with Gasteiger partial charge in [0.25, 0.3) is 0 Å². The van der Waals surface area contributed by atoms with Crippen molar-refractivity contribution in [1.29, 1.82) is 0 Å². The van der Waals surface area contributed by atoms with Gasteiger partial charge in [-0.2, -0.15) is 0 Å². The molecule has 1 aliphatic rings. The second-order valence-electron chi connectivity index (χ2n) is 5.11. The van der Waals surface area contributed by atoms with Crippen LogP contribution in [0.5, 0.6) is 0 Å². The van der Waals surface area contributed by atoms with E-state index in [0.717, 1.165) is 18.4 Å². The van der Waals surface area contributed by atoms with E-state index < -0.39 is 11.2 Å². The lowest BCUT2D eigenvalue weighted by Crippen LogP contribution is -2.29. The Hall–Kier alpha value is -1.35. The summed E-state index contributed by atoms with van der Waals surface area (Å²) in [4.78, 5) is 11.7. The second-order valence-corrected chi connectivity index (χ2v) is 5.11. The number of epoxide rings is 1. The van der Waals surface area contributed by atoms with Crippen LogP contribution in [0.1, 0.15) is 38.3 Å². The van der Waals surface area contributed by atoms with Gasteiger partial charge < -0.3 is 9.47 Å². The summed E-state index contributed by atoms with van der Waals surface area (Å²) >= 11 is 0. The Balaban J connectivity index is 2.21. The lowest BCUT2D eigenvalue weighted by Gasteiger charge is -2.11. The summed E-state index contributed by atoms with van der Waals surface area (Å²) in [7, 11) is 1.39. The molecule has 2 unspecified atom stereocenters. The number of aryl methyl sites for hydroxylation is 1. The lowest BCUT2D eigenvalue weighted by molar-refractivity contribution is -0.146. The maximum Gasteiger partial charge on any atom is 0.341 e. The number of hydrogen-bond acceptors (Lipinski definition) is 3. The zero-order valence-electron chi connectivity index (χ0n) is 11.4. The average Bonchev–Trinajstić information content (AvgIpc) is 2.95. The zero-order chi connectivity index (χ0) is 13.4. The Labute approximate surface area is 108 Å². The van der Waals surface area contributed by atoms with Gasteiger partial charge >= 0.3 is 5.97 Å². The molecule has 3 nitrogen and oxygen atoms in total. The van der Waals surface area contributed by atoms with Gasteiger partial charge in [0.2, 0.25) is 0 Å². The number of esters is 1. The minimum atomic E-state index is -0.853. The zero-order valence-corrected chi connectivity index (χ0v) is 11.4. The fraction of sp³-hybridized carbons (Fsp3) is 0.533. The van der Waals surface area contributed by atoms with Gasteiger partial charge in [-0.3, -0.25) is 0 Å². The highest BCUT2D eigenvalue weighted by molar-refractivity contribution is 5.84. The van der Waals surface area contributed by atoms with Crippen LogP contribution in [0.25, 0.3) is 0 Å². The van der Waals surface area contributed by atoms with Gasteiger partial charge in [0.1, 0.15) is 5.60 Å². The van der Waals surface area contributed by atoms with Crippen LogP contribution in [-0.2, 0) is 26.3 Å². The van der Waals surface area contributed by atoms with Crippen LogP contribution in [0.2, 0.25) is 0 Å². The highest BCUT2D eigenvalue weighted by Crippen LogP contribution is 2.55. The van der Waals surface area contributed by atoms with Crippen molar-refractivity contribution in [2.24, 2.45) is 0 Å². The molecule has 3 heteroatoms. The van der Waals surface area contributed by atoms with Crippen LogP contribution >= 0.6 is 0 Å². The lowest BCUT2D eigenvalue weighted by atomic mass is 9.88. The van der Waals surface area contributed by atoms with E-state index in [9.17, 15) is 4.79 Å². The first-order chi connectivity index (χ1) is 8.48. The van der Waals surface area contributed by atoms with Crippen LogP contribution in [0.15, 0.2) is 24.3 Å². The maximum absolute atomic E-state index is 11.7. The van der Waals surface area contributed by atoms with Gasteiger partial charge in [-0.25, -0.2) is 4.79 Å². The predicted molar refractivity (Wildman–Crippen MR) is 69.3 cm³/mol. The molecular formula is C15H20O3. The fourth-order valence-corrected chi connectivity index (χ4v) is 2.43. The van der Waals surface area contributed by atoms with Gasteiger partial charge in [0.15, 0.2) is 5.60 Å². The van der Waals surface area contributed by atoms with Gasteiger partial charge in [0.05, 0.1) is 7.11 Å². The standard InChI is InChI=1S/C15H20O3/c1-5-6-11-7-9-12(10-8-11)14(2)15(3,18-14)13(16)17-4/h7-10H,5-6H2,1-4H3. The Morgan fingerprint density at radius 3 is 2.39 bits per heavy atom. The van der Waals surface area contributed by atoms with E-state index in [4.69, 9.17) is 9.47 Å². The van der Waals surface area contributed by atoms with Crippen molar-refractivity contribution >= 4 is 5.97 Å². The monoisotopic (exact) mass is 248 g/mol. The van der Waals surface area contributed by atoms with E-state index in [0.29, 0.717) is 0 Å². The van der Waals surface area contributed by atoms with Crippen molar-refractivity contribution in [3.05, 3.63) is 35.4 Å². The van der Waals surface area contributed by atoms with Crippen molar-refractivity contribution in [3.63, 3.8) is 0 Å². The van der Waals surface area contributed by atoms with Crippen molar-refractivity contribution in [2.45, 2.75) is 44.8 Å². The van der Waals surface area contributed by atoms with Crippen molar-refractivity contribution in [2.75, 3.05) is 7.11 Å². The number of carbonyl (C=O) groups is 1. The fourth-order valence-electron chi connectivity index (χ4n) is 2.43. The maximum atomic E-state index is 11.7. The molecule has 1 aromatic rings. The molecule has 0 bridgehead atoms. The Bertz CT molecular complexity index is 451. The van der Waals surface area contributed by atoms with E-state index in [2.05, 4.69) is 19.1 Å². The molecule has 0 N–H and O–H groups in total. The molecule has 1 aliphatic heterocycles. The highest BCUT2D eigenvalue weighted by atomic mass is 16.7. The smallest absolute Gasteiger partial charge is 0.341 e. The first-order valence-electron chi connectivity index (χ1n) is 6.36. The summed E-state index contributed by atoms with van der Waals surface area (Å²) in [6.45, 7) is 5.87. The van der Waals surface area contributed by atoms with Gasteiger partial charge in [-0.15, -0.1) is 0 Å². The molecule has 0 amide bonds. The number of benzene rings is 1. The molecule has 0 aromatic heterocycles. The summed E-state index contributed by atoms with van der Waals surface area (Å²) in [6, 6.07) is 8.28. The van der Waals surface area contributed by atoms with Gasteiger partial charge in [0, 0.05) is 0 Å². The van der Waals surface area contributed by atoms with Gasteiger partial charge in [-0.1, -0.05) is 37.6 Å². The summed E-state index contributed by atoms with van der Waals surface area (Å²) in [5, 5.41) is 0. The molecular weight excluding hydrogens is 228 g/mol. The normalized spacial score (nSPS) is 30.0. The van der Waals surface area contributed by atoms with Crippen LogP contribution in [0.4, 0.5) is 0 Å². The topological polar surface area (TPSA) is 38.8 Å². The molecule has 2 atom stereocenters.